The van der Waals surface area contributed by atoms with E-state index in [0.29, 0.717) is 42.8 Å². The summed E-state index contributed by atoms with van der Waals surface area (Å²) in [5.74, 6) is 0.256. The van der Waals surface area contributed by atoms with Gasteiger partial charge in [0.15, 0.2) is 11.5 Å². The number of carbonyl (C=O) groups is 1. The normalized spacial score (nSPS) is 11.0. The summed E-state index contributed by atoms with van der Waals surface area (Å²) in [5.41, 5.74) is 1.45. The van der Waals surface area contributed by atoms with Gasteiger partial charge in [-0.15, -0.1) is 0 Å². The smallest absolute Gasteiger partial charge is 0.266 e. The van der Waals surface area contributed by atoms with E-state index in [9.17, 15) is 10.1 Å². The maximum absolute atomic E-state index is 12.6. The number of hydrogen-bond acceptors (Lipinski definition) is 4. The molecule has 5 nitrogen and oxygen atoms in total. The van der Waals surface area contributed by atoms with Gasteiger partial charge in [0.1, 0.15) is 18.2 Å². The molecule has 0 radical (unpaired) electrons. The van der Waals surface area contributed by atoms with Gasteiger partial charge in [-0.25, -0.2) is 0 Å². The Labute approximate surface area is 211 Å². The molecule has 0 unspecified atom stereocenters. The van der Waals surface area contributed by atoms with Crippen LogP contribution in [0.1, 0.15) is 11.1 Å². The van der Waals surface area contributed by atoms with Crippen LogP contribution in [0.2, 0.25) is 20.1 Å². The Morgan fingerprint density at radius 1 is 0.970 bits per heavy atom. The summed E-state index contributed by atoms with van der Waals surface area (Å²) in [6, 6.07) is 16.7. The first-order chi connectivity index (χ1) is 15.8. The van der Waals surface area contributed by atoms with Gasteiger partial charge in [-0.05, 0) is 54.1 Å². The van der Waals surface area contributed by atoms with Crippen LogP contribution >= 0.6 is 46.4 Å². The average Bonchev–Trinajstić information content (AvgIpc) is 2.79. The molecule has 0 aliphatic rings. The fourth-order valence-electron chi connectivity index (χ4n) is 2.79. The van der Waals surface area contributed by atoms with Gasteiger partial charge in [0, 0.05) is 20.6 Å². The molecule has 3 aromatic carbocycles. The lowest BCUT2D eigenvalue weighted by Crippen LogP contribution is -2.13. The first-order valence-corrected chi connectivity index (χ1v) is 10.9. The van der Waals surface area contributed by atoms with Crippen molar-refractivity contribution in [2.75, 3.05) is 12.4 Å². The highest BCUT2D eigenvalue weighted by Crippen LogP contribution is 2.31. The lowest BCUT2D eigenvalue weighted by molar-refractivity contribution is -0.112. The molecule has 0 fully saturated rings. The second kappa shape index (κ2) is 11.3. The lowest BCUT2D eigenvalue weighted by Gasteiger charge is -2.13. The summed E-state index contributed by atoms with van der Waals surface area (Å²) in [6.07, 6.45) is 1.43. The Morgan fingerprint density at radius 2 is 1.70 bits per heavy atom. The summed E-state index contributed by atoms with van der Waals surface area (Å²) in [6.45, 7) is 0.165. The molecule has 0 aliphatic heterocycles. The molecule has 33 heavy (non-hydrogen) atoms. The summed E-state index contributed by atoms with van der Waals surface area (Å²) in [5, 5.41) is 13.8. The largest absolute Gasteiger partial charge is 0.493 e. The first kappa shape index (κ1) is 24.8. The van der Waals surface area contributed by atoms with Crippen LogP contribution in [0, 0.1) is 11.3 Å². The number of nitrogens with zero attached hydrogens (tertiary/aromatic N) is 1. The van der Waals surface area contributed by atoms with E-state index in [1.165, 1.54) is 19.3 Å². The van der Waals surface area contributed by atoms with Gasteiger partial charge in [-0.3, -0.25) is 4.79 Å². The van der Waals surface area contributed by atoms with Gasteiger partial charge >= 0.3 is 0 Å². The van der Waals surface area contributed by atoms with Crippen molar-refractivity contribution in [2.24, 2.45) is 0 Å². The van der Waals surface area contributed by atoms with E-state index in [1.54, 1.807) is 48.5 Å². The summed E-state index contributed by atoms with van der Waals surface area (Å²) in [7, 11) is 1.51. The zero-order valence-corrected chi connectivity index (χ0v) is 20.2. The summed E-state index contributed by atoms with van der Waals surface area (Å²) >= 11 is 24.2. The topological polar surface area (TPSA) is 71.3 Å². The number of benzene rings is 3. The Kier molecular flexibility index (Phi) is 8.49. The Bertz CT molecular complexity index is 1270. The maximum atomic E-state index is 12.6. The predicted octanol–water partition coefficient (Wildman–Crippen LogP) is 7.43. The number of anilines is 1. The standard InChI is InChI=1S/C24H16Cl4N2O3/c1-32-22-7-2-14(9-23(22)33-13-15-3-4-17(25)10-20(15)28)8-16(12-29)24(31)30-21-11-18(26)5-6-19(21)27/h2-11H,13H2,1H3,(H,30,31)/b16-8+. The van der Waals surface area contributed by atoms with Crippen LogP contribution in [0.5, 0.6) is 11.5 Å². The Morgan fingerprint density at radius 3 is 2.39 bits per heavy atom. The highest BCUT2D eigenvalue weighted by Gasteiger charge is 2.13. The first-order valence-electron chi connectivity index (χ1n) is 9.43. The van der Waals surface area contributed by atoms with Gasteiger partial charge in [-0.1, -0.05) is 58.5 Å². The molecule has 3 aromatic rings. The van der Waals surface area contributed by atoms with Crippen LogP contribution in [0.4, 0.5) is 5.69 Å². The second-order valence-electron chi connectivity index (χ2n) is 6.68. The molecule has 9 heteroatoms. The van der Waals surface area contributed by atoms with Crippen LogP contribution in [0.25, 0.3) is 6.08 Å². The van der Waals surface area contributed by atoms with Crippen molar-refractivity contribution in [3.63, 3.8) is 0 Å². The Hall–Kier alpha value is -2.88. The number of amides is 1. The lowest BCUT2D eigenvalue weighted by atomic mass is 10.1. The third kappa shape index (κ3) is 6.56. The summed E-state index contributed by atoms with van der Waals surface area (Å²) < 4.78 is 11.2. The molecule has 0 bridgehead atoms. The van der Waals surface area contributed by atoms with Crippen LogP contribution in [0.3, 0.4) is 0 Å². The number of hydrogen-bond donors (Lipinski definition) is 1. The van der Waals surface area contributed by atoms with Crippen molar-refractivity contribution < 1.29 is 14.3 Å². The molecule has 0 spiro atoms. The van der Waals surface area contributed by atoms with Gasteiger partial charge in [0.2, 0.25) is 0 Å². The number of nitriles is 1. The number of nitrogens with one attached hydrogen (secondary N) is 1. The van der Waals surface area contributed by atoms with E-state index >= 15 is 0 Å². The molecule has 0 atom stereocenters. The average molecular weight is 522 g/mol. The Balaban J connectivity index is 1.83. The van der Waals surface area contributed by atoms with E-state index in [4.69, 9.17) is 55.9 Å². The van der Waals surface area contributed by atoms with Crippen LogP contribution < -0.4 is 14.8 Å². The second-order valence-corrected chi connectivity index (χ2v) is 8.37. The van der Waals surface area contributed by atoms with Crippen molar-refractivity contribution in [1.82, 2.24) is 0 Å². The molecule has 1 N–H and O–H groups in total. The molecule has 1 amide bonds. The molecule has 0 saturated carbocycles. The highest BCUT2D eigenvalue weighted by molar-refractivity contribution is 6.36. The van der Waals surface area contributed by atoms with E-state index in [1.807, 2.05) is 6.07 Å². The molecule has 3 rings (SSSR count). The van der Waals surface area contributed by atoms with Crippen molar-refractivity contribution in [2.45, 2.75) is 6.61 Å². The molecular weight excluding hydrogens is 506 g/mol. The molecular formula is C24H16Cl4N2O3. The maximum Gasteiger partial charge on any atom is 0.266 e. The quantitative estimate of drug-likeness (QED) is 0.259. The van der Waals surface area contributed by atoms with Crippen LogP contribution in [-0.2, 0) is 11.4 Å². The third-order valence-corrected chi connectivity index (χ3v) is 5.59. The molecule has 168 valence electrons. The van der Waals surface area contributed by atoms with Crippen molar-refractivity contribution in [1.29, 1.82) is 5.26 Å². The van der Waals surface area contributed by atoms with Gasteiger partial charge < -0.3 is 14.8 Å². The van der Waals surface area contributed by atoms with Gasteiger partial charge in [-0.2, -0.15) is 5.26 Å². The number of halogens is 4. The minimum absolute atomic E-state index is 0.136. The third-order valence-electron chi connectivity index (χ3n) is 4.44. The molecule has 0 saturated heterocycles. The fourth-order valence-corrected chi connectivity index (χ4v) is 3.59. The number of carbonyl (C=O) groups excluding carboxylic acids is 1. The number of ether oxygens (including phenoxy) is 2. The molecule has 0 aromatic heterocycles. The minimum Gasteiger partial charge on any atom is -0.493 e. The minimum atomic E-state index is -0.632. The van der Waals surface area contributed by atoms with E-state index in [-0.39, 0.29) is 12.2 Å². The van der Waals surface area contributed by atoms with Crippen molar-refractivity contribution in [3.05, 3.63) is 91.4 Å². The number of rotatable bonds is 7. The molecule has 0 aliphatic carbocycles. The SMILES string of the molecule is COc1ccc(/C=C(\C#N)C(=O)Nc2cc(Cl)ccc2Cl)cc1OCc1ccc(Cl)cc1Cl. The summed E-state index contributed by atoms with van der Waals surface area (Å²) in [4.78, 5) is 12.6. The predicted molar refractivity (Wildman–Crippen MR) is 132 cm³/mol. The van der Waals surface area contributed by atoms with Crippen molar-refractivity contribution in [3.8, 4) is 17.6 Å². The van der Waals surface area contributed by atoms with Crippen LogP contribution in [-0.4, -0.2) is 13.0 Å². The molecule has 0 heterocycles. The fraction of sp³-hybridized carbons (Fsp3) is 0.0833. The van der Waals surface area contributed by atoms with E-state index in [2.05, 4.69) is 5.32 Å². The van der Waals surface area contributed by atoms with Crippen LogP contribution in [0.15, 0.2) is 60.2 Å². The van der Waals surface area contributed by atoms with E-state index < -0.39 is 5.91 Å². The zero-order chi connectivity index (χ0) is 24.0. The number of methoxy groups -OCH3 is 1. The zero-order valence-electron chi connectivity index (χ0n) is 17.2. The van der Waals surface area contributed by atoms with Crippen molar-refractivity contribution >= 4 is 64.1 Å². The van der Waals surface area contributed by atoms with Gasteiger partial charge in [0.05, 0.1) is 17.8 Å². The van der Waals surface area contributed by atoms with E-state index in [0.717, 1.165) is 5.56 Å². The highest BCUT2D eigenvalue weighted by atomic mass is 35.5. The van der Waals surface area contributed by atoms with Gasteiger partial charge in [0.25, 0.3) is 5.91 Å². The monoisotopic (exact) mass is 520 g/mol.